The van der Waals surface area contributed by atoms with E-state index in [1.807, 2.05) is 6.92 Å². The molecule has 108 valence electrons. The van der Waals surface area contributed by atoms with Gasteiger partial charge in [0.15, 0.2) is 6.04 Å². The van der Waals surface area contributed by atoms with E-state index in [0.717, 1.165) is 6.42 Å². The molecule has 2 rings (SSSR count). The Balaban J connectivity index is 1.95. The predicted molar refractivity (Wildman–Crippen MR) is 65.9 cm³/mol. The molecule has 2 fully saturated rings. The number of aliphatic carboxylic acids is 1. The molecule has 0 aromatic carbocycles. The van der Waals surface area contributed by atoms with Gasteiger partial charge in [0.25, 0.3) is 0 Å². The molecule has 2 heterocycles. The predicted octanol–water partition coefficient (Wildman–Crippen LogP) is -0.0936. The van der Waals surface area contributed by atoms with Gasteiger partial charge in [-0.3, -0.25) is 0 Å². The quantitative estimate of drug-likeness (QED) is 0.733. The first-order valence-corrected chi connectivity index (χ1v) is 6.55. The minimum atomic E-state index is -1.03. The molecule has 0 radical (unpaired) electrons. The van der Waals surface area contributed by atoms with Gasteiger partial charge in [-0.15, -0.1) is 0 Å². The van der Waals surface area contributed by atoms with Crippen LogP contribution in [0.5, 0.6) is 0 Å². The molecule has 0 aromatic rings. The Kier molecular flexibility index (Phi) is 4.60. The number of carboxylic acids is 1. The topological polar surface area (TPSA) is 88.1 Å². The zero-order valence-corrected chi connectivity index (χ0v) is 11.0. The first-order valence-electron chi connectivity index (χ1n) is 6.55. The zero-order valence-electron chi connectivity index (χ0n) is 11.0. The number of ether oxygens (including phenoxy) is 2. The van der Waals surface area contributed by atoms with E-state index >= 15 is 0 Å². The third kappa shape index (κ3) is 3.36. The molecule has 3 atom stereocenters. The molecule has 7 heteroatoms. The number of carbonyl (C=O) groups is 2. The van der Waals surface area contributed by atoms with Crippen LogP contribution in [0.1, 0.15) is 13.3 Å². The standard InChI is InChI=1S/C12H20N2O5/c1-8-6-18-4-2-9(8)13-12(17)14-3-5-19-7-10(14)11(15)16/h8-10H,2-7H2,1H3,(H,13,17)(H,15,16). The number of amides is 2. The maximum atomic E-state index is 12.2. The Hall–Kier alpha value is -1.34. The Morgan fingerprint density at radius 3 is 2.68 bits per heavy atom. The Bertz CT molecular complexity index is 349. The number of urea groups is 1. The van der Waals surface area contributed by atoms with Crippen LogP contribution in [-0.2, 0) is 14.3 Å². The number of morpholine rings is 1. The Labute approximate surface area is 111 Å². The van der Waals surface area contributed by atoms with Gasteiger partial charge in [-0.25, -0.2) is 9.59 Å². The fourth-order valence-corrected chi connectivity index (χ4v) is 2.39. The fourth-order valence-electron chi connectivity index (χ4n) is 2.39. The fraction of sp³-hybridized carbons (Fsp3) is 0.833. The molecule has 0 aromatic heterocycles. The third-order valence-electron chi connectivity index (χ3n) is 3.62. The van der Waals surface area contributed by atoms with E-state index in [4.69, 9.17) is 14.6 Å². The summed E-state index contributed by atoms with van der Waals surface area (Å²) in [6, 6.07) is -1.18. The van der Waals surface area contributed by atoms with Crippen molar-refractivity contribution in [3.05, 3.63) is 0 Å². The van der Waals surface area contributed by atoms with Crippen molar-refractivity contribution in [2.24, 2.45) is 5.92 Å². The van der Waals surface area contributed by atoms with E-state index in [1.54, 1.807) is 0 Å². The number of hydrogen-bond acceptors (Lipinski definition) is 4. The van der Waals surface area contributed by atoms with Gasteiger partial charge in [-0.1, -0.05) is 6.92 Å². The summed E-state index contributed by atoms with van der Waals surface area (Å²) in [7, 11) is 0. The van der Waals surface area contributed by atoms with Crippen LogP contribution in [0.4, 0.5) is 4.79 Å². The molecule has 0 bridgehead atoms. The summed E-state index contributed by atoms with van der Waals surface area (Å²) in [5.41, 5.74) is 0. The molecular formula is C12H20N2O5. The molecular weight excluding hydrogens is 252 g/mol. The first-order chi connectivity index (χ1) is 9.09. The second-order valence-corrected chi connectivity index (χ2v) is 5.02. The number of hydrogen-bond donors (Lipinski definition) is 2. The van der Waals surface area contributed by atoms with Crippen molar-refractivity contribution in [3.63, 3.8) is 0 Å². The van der Waals surface area contributed by atoms with Gasteiger partial charge in [0.05, 0.1) is 19.8 Å². The van der Waals surface area contributed by atoms with Crippen molar-refractivity contribution in [2.75, 3.05) is 33.0 Å². The van der Waals surface area contributed by atoms with Gasteiger partial charge < -0.3 is 24.8 Å². The number of nitrogens with one attached hydrogen (secondary N) is 1. The SMILES string of the molecule is CC1COCCC1NC(=O)N1CCOCC1C(=O)O. The van der Waals surface area contributed by atoms with E-state index in [0.29, 0.717) is 26.4 Å². The lowest BCUT2D eigenvalue weighted by molar-refractivity contribution is -0.147. The second kappa shape index (κ2) is 6.21. The number of nitrogens with zero attached hydrogens (tertiary/aromatic N) is 1. The lowest BCUT2D eigenvalue weighted by Crippen LogP contribution is -2.58. The van der Waals surface area contributed by atoms with Crippen molar-refractivity contribution in [2.45, 2.75) is 25.4 Å². The van der Waals surface area contributed by atoms with E-state index in [2.05, 4.69) is 5.32 Å². The molecule has 0 saturated carbocycles. The van der Waals surface area contributed by atoms with E-state index in [-0.39, 0.29) is 24.6 Å². The van der Waals surface area contributed by atoms with Crippen molar-refractivity contribution in [1.82, 2.24) is 10.2 Å². The molecule has 19 heavy (non-hydrogen) atoms. The zero-order chi connectivity index (χ0) is 13.8. The third-order valence-corrected chi connectivity index (χ3v) is 3.62. The highest BCUT2D eigenvalue weighted by Crippen LogP contribution is 2.15. The van der Waals surface area contributed by atoms with Crippen molar-refractivity contribution < 1.29 is 24.2 Å². The highest BCUT2D eigenvalue weighted by molar-refractivity contribution is 5.83. The summed E-state index contributed by atoms with van der Waals surface area (Å²) in [6.45, 7) is 3.99. The molecule has 2 aliphatic heterocycles. The minimum absolute atomic E-state index is 0.0403. The highest BCUT2D eigenvalue weighted by atomic mass is 16.5. The maximum absolute atomic E-state index is 12.2. The normalized spacial score (nSPS) is 31.8. The van der Waals surface area contributed by atoms with Crippen LogP contribution in [0.25, 0.3) is 0 Å². The van der Waals surface area contributed by atoms with Crippen molar-refractivity contribution in [1.29, 1.82) is 0 Å². The summed E-state index contributed by atoms with van der Waals surface area (Å²) in [5, 5.41) is 12.0. The summed E-state index contributed by atoms with van der Waals surface area (Å²) in [4.78, 5) is 24.6. The molecule has 3 unspecified atom stereocenters. The molecule has 2 N–H and O–H groups in total. The van der Waals surface area contributed by atoms with Crippen LogP contribution in [-0.4, -0.2) is 67.1 Å². The highest BCUT2D eigenvalue weighted by Gasteiger charge is 2.34. The molecule has 2 saturated heterocycles. The van der Waals surface area contributed by atoms with E-state index in [9.17, 15) is 9.59 Å². The van der Waals surface area contributed by atoms with Gasteiger partial charge in [0.2, 0.25) is 0 Å². The summed E-state index contributed by atoms with van der Waals surface area (Å²) >= 11 is 0. The minimum Gasteiger partial charge on any atom is -0.480 e. The lowest BCUT2D eigenvalue weighted by atomic mass is 9.98. The van der Waals surface area contributed by atoms with Gasteiger partial charge in [-0.2, -0.15) is 0 Å². The number of carbonyl (C=O) groups excluding carboxylic acids is 1. The maximum Gasteiger partial charge on any atom is 0.328 e. The molecule has 0 aliphatic carbocycles. The summed E-state index contributed by atoms with van der Waals surface area (Å²) in [5.74, 6) is -0.795. The molecule has 0 spiro atoms. The van der Waals surface area contributed by atoms with Crippen LogP contribution in [0.15, 0.2) is 0 Å². The summed E-state index contributed by atoms with van der Waals surface area (Å²) < 4.78 is 10.4. The smallest absolute Gasteiger partial charge is 0.328 e. The molecule has 2 amide bonds. The van der Waals surface area contributed by atoms with Crippen molar-refractivity contribution in [3.8, 4) is 0 Å². The van der Waals surface area contributed by atoms with E-state index < -0.39 is 12.0 Å². The van der Waals surface area contributed by atoms with Gasteiger partial charge in [0, 0.05) is 19.2 Å². The lowest BCUT2D eigenvalue weighted by Gasteiger charge is -2.36. The Morgan fingerprint density at radius 1 is 1.26 bits per heavy atom. The van der Waals surface area contributed by atoms with E-state index in [1.165, 1.54) is 4.90 Å². The van der Waals surface area contributed by atoms with Crippen molar-refractivity contribution >= 4 is 12.0 Å². The first kappa shape index (κ1) is 14.1. The van der Waals surface area contributed by atoms with Gasteiger partial charge >= 0.3 is 12.0 Å². The summed E-state index contributed by atoms with van der Waals surface area (Å²) in [6.07, 6.45) is 0.759. The van der Waals surface area contributed by atoms with Crippen LogP contribution >= 0.6 is 0 Å². The van der Waals surface area contributed by atoms with Crippen LogP contribution in [0.2, 0.25) is 0 Å². The second-order valence-electron chi connectivity index (χ2n) is 5.02. The monoisotopic (exact) mass is 272 g/mol. The largest absolute Gasteiger partial charge is 0.480 e. The molecule has 7 nitrogen and oxygen atoms in total. The average Bonchev–Trinajstić information content (AvgIpc) is 2.41. The number of rotatable bonds is 2. The average molecular weight is 272 g/mol. The number of carboxylic acid groups (broad SMARTS) is 1. The van der Waals surface area contributed by atoms with Gasteiger partial charge in [0.1, 0.15) is 0 Å². The van der Waals surface area contributed by atoms with Crippen LogP contribution < -0.4 is 5.32 Å². The van der Waals surface area contributed by atoms with Gasteiger partial charge in [-0.05, 0) is 12.3 Å². The van der Waals surface area contributed by atoms with Crippen LogP contribution in [0, 0.1) is 5.92 Å². The molecule has 2 aliphatic rings. The Morgan fingerprint density at radius 2 is 2.00 bits per heavy atom. The van der Waals surface area contributed by atoms with Crippen LogP contribution in [0.3, 0.4) is 0 Å².